The lowest BCUT2D eigenvalue weighted by Gasteiger charge is -2.30. The van der Waals surface area contributed by atoms with Gasteiger partial charge in [0.2, 0.25) is 5.91 Å². The molecule has 1 amide bonds. The Kier molecular flexibility index (Phi) is 4.24. The summed E-state index contributed by atoms with van der Waals surface area (Å²) in [5.41, 5.74) is 1.84. The summed E-state index contributed by atoms with van der Waals surface area (Å²) in [6.45, 7) is 5.23. The van der Waals surface area contributed by atoms with Crippen molar-refractivity contribution in [2.24, 2.45) is 5.92 Å². The molecule has 2 aliphatic rings. The van der Waals surface area contributed by atoms with Gasteiger partial charge in [0.1, 0.15) is 0 Å². The second kappa shape index (κ2) is 6.53. The average molecular weight is 343 g/mol. The highest BCUT2D eigenvalue weighted by molar-refractivity contribution is 7.12. The summed E-state index contributed by atoms with van der Waals surface area (Å²) in [6.07, 6.45) is 4.46. The zero-order chi connectivity index (χ0) is 16.5. The summed E-state index contributed by atoms with van der Waals surface area (Å²) in [5, 5.41) is 3.10. The lowest BCUT2D eigenvalue weighted by Crippen LogP contribution is -2.36. The smallest absolute Gasteiger partial charge is 0.228 e. The number of aryl methyl sites for hydroxylation is 1. The SMILES string of the molecule is Cc1ccc([C@H]2C[C@H]2C(=O)Nc2cnccc2N2CCOCC2)s1. The van der Waals surface area contributed by atoms with Crippen molar-refractivity contribution >= 4 is 28.6 Å². The van der Waals surface area contributed by atoms with E-state index in [1.54, 1.807) is 23.7 Å². The fourth-order valence-corrected chi connectivity index (χ4v) is 4.30. The highest BCUT2D eigenvalue weighted by Crippen LogP contribution is 2.50. The van der Waals surface area contributed by atoms with E-state index in [-0.39, 0.29) is 11.8 Å². The van der Waals surface area contributed by atoms with E-state index in [1.807, 2.05) is 6.07 Å². The summed E-state index contributed by atoms with van der Waals surface area (Å²) in [5.74, 6) is 0.571. The Hall–Kier alpha value is -1.92. The Labute approximate surface area is 145 Å². The predicted molar refractivity (Wildman–Crippen MR) is 95.8 cm³/mol. The lowest BCUT2D eigenvalue weighted by atomic mass is 10.2. The van der Waals surface area contributed by atoms with Crippen molar-refractivity contribution in [1.82, 2.24) is 4.98 Å². The third-order valence-corrected chi connectivity index (χ3v) is 5.79. The Morgan fingerprint density at radius 1 is 1.33 bits per heavy atom. The fraction of sp³-hybridized carbons (Fsp3) is 0.444. The number of hydrogen-bond donors (Lipinski definition) is 1. The number of hydrogen-bond acceptors (Lipinski definition) is 5. The van der Waals surface area contributed by atoms with Crippen molar-refractivity contribution in [2.45, 2.75) is 19.3 Å². The van der Waals surface area contributed by atoms with Crippen LogP contribution in [0.15, 0.2) is 30.6 Å². The van der Waals surface area contributed by atoms with Crippen molar-refractivity contribution < 1.29 is 9.53 Å². The van der Waals surface area contributed by atoms with E-state index < -0.39 is 0 Å². The monoisotopic (exact) mass is 343 g/mol. The first-order valence-electron chi connectivity index (χ1n) is 8.36. The fourth-order valence-electron chi connectivity index (χ4n) is 3.24. The van der Waals surface area contributed by atoms with Crippen molar-refractivity contribution in [3.63, 3.8) is 0 Å². The number of rotatable bonds is 4. The number of thiophene rings is 1. The molecule has 2 aromatic heterocycles. The van der Waals surface area contributed by atoms with Gasteiger partial charge in [0.05, 0.1) is 30.8 Å². The van der Waals surface area contributed by atoms with Crippen LogP contribution in [-0.4, -0.2) is 37.2 Å². The molecule has 1 aliphatic carbocycles. The topological polar surface area (TPSA) is 54.5 Å². The molecule has 3 heterocycles. The minimum absolute atomic E-state index is 0.0841. The van der Waals surface area contributed by atoms with E-state index in [2.05, 4.69) is 34.3 Å². The molecule has 0 bridgehead atoms. The van der Waals surface area contributed by atoms with Gasteiger partial charge >= 0.3 is 0 Å². The van der Waals surface area contributed by atoms with Crippen LogP contribution >= 0.6 is 11.3 Å². The molecule has 1 aliphatic heterocycles. The van der Waals surface area contributed by atoms with Crippen LogP contribution in [0.1, 0.15) is 22.1 Å². The van der Waals surface area contributed by atoms with Crippen molar-refractivity contribution in [2.75, 3.05) is 36.5 Å². The zero-order valence-electron chi connectivity index (χ0n) is 13.7. The number of nitrogens with zero attached hydrogens (tertiary/aromatic N) is 2. The van der Waals surface area contributed by atoms with Crippen LogP contribution in [0.2, 0.25) is 0 Å². The van der Waals surface area contributed by atoms with Crippen LogP contribution in [0.5, 0.6) is 0 Å². The van der Waals surface area contributed by atoms with Gasteiger partial charge in [-0.15, -0.1) is 11.3 Å². The molecule has 1 saturated heterocycles. The molecule has 24 heavy (non-hydrogen) atoms. The van der Waals surface area contributed by atoms with E-state index in [1.165, 1.54) is 9.75 Å². The third-order valence-electron chi connectivity index (χ3n) is 4.66. The van der Waals surface area contributed by atoms with Crippen molar-refractivity contribution in [3.05, 3.63) is 40.3 Å². The second-order valence-corrected chi connectivity index (χ2v) is 7.70. The molecule has 2 atom stereocenters. The number of carbonyl (C=O) groups is 1. The van der Waals surface area contributed by atoms with Gasteiger partial charge in [-0.25, -0.2) is 0 Å². The first-order chi connectivity index (χ1) is 11.7. The largest absolute Gasteiger partial charge is 0.378 e. The maximum Gasteiger partial charge on any atom is 0.228 e. The molecule has 0 radical (unpaired) electrons. The van der Waals surface area contributed by atoms with Gasteiger partial charge in [-0.1, -0.05) is 0 Å². The molecule has 2 fully saturated rings. The predicted octanol–water partition coefficient (Wildman–Crippen LogP) is 3.03. The van der Waals surface area contributed by atoms with Crippen molar-refractivity contribution in [1.29, 1.82) is 0 Å². The Balaban J connectivity index is 1.45. The van der Waals surface area contributed by atoms with Gasteiger partial charge < -0.3 is 15.0 Å². The summed E-state index contributed by atoms with van der Waals surface area (Å²) < 4.78 is 5.41. The molecule has 1 N–H and O–H groups in total. The van der Waals surface area contributed by atoms with Crippen LogP contribution in [0.3, 0.4) is 0 Å². The number of amides is 1. The number of aromatic nitrogens is 1. The van der Waals surface area contributed by atoms with Crippen LogP contribution in [0, 0.1) is 12.8 Å². The number of anilines is 2. The number of ether oxygens (including phenoxy) is 1. The van der Waals surface area contributed by atoms with Gasteiger partial charge in [0.25, 0.3) is 0 Å². The molecule has 0 aromatic carbocycles. The number of morpholine rings is 1. The molecule has 126 valence electrons. The van der Waals surface area contributed by atoms with Crippen LogP contribution < -0.4 is 10.2 Å². The third kappa shape index (κ3) is 3.16. The first kappa shape index (κ1) is 15.6. The van der Waals surface area contributed by atoms with E-state index >= 15 is 0 Å². The normalized spacial score (nSPS) is 23.1. The molecular weight excluding hydrogens is 322 g/mol. The lowest BCUT2D eigenvalue weighted by molar-refractivity contribution is -0.117. The quantitative estimate of drug-likeness (QED) is 0.927. The van der Waals surface area contributed by atoms with Crippen LogP contribution in [0.4, 0.5) is 11.4 Å². The minimum Gasteiger partial charge on any atom is -0.378 e. The highest BCUT2D eigenvalue weighted by Gasteiger charge is 2.44. The Bertz CT molecular complexity index is 739. The summed E-state index contributed by atoms with van der Waals surface area (Å²) in [4.78, 5) is 21.7. The first-order valence-corrected chi connectivity index (χ1v) is 9.18. The van der Waals surface area contributed by atoms with E-state index in [0.29, 0.717) is 5.92 Å². The average Bonchev–Trinajstić information content (AvgIpc) is 3.30. The molecule has 0 unspecified atom stereocenters. The minimum atomic E-state index is 0.0841. The number of pyridine rings is 1. The summed E-state index contributed by atoms with van der Waals surface area (Å²) in [6, 6.07) is 6.25. The molecule has 4 rings (SSSR count). The van der Waals surface area contributed by atoms with Crippen molar-refractivity contribution in [3.8, 4) is 0 Å². The maximum absolute atomic E-state index is 12.6. The zero-order valence-corrected chi connectivity index (χ0v) is 14.5. The van der Waals surface area contributed by atoms with Gasteiger partial charge in [-0.2, -0.15) is 0 Å². The van der Waals surface area contributed by atoms with E-state index in [9.17, 15) is 4.79 Å². The van der Waals surface area contributed by atoms with Crippen LogP contribution in [0.25, 0.3) is 0 Å². The highest BCUT2D eigenvalue weighted by atomic mass is 32.1. The molecule has 5 nitrogen and oxygen atoms in total. The Morgan fingerprint density at radius 3 is 2.92 bits per heavy atom. The Morgan fingerprint density at radius 2 is 2.17 bits per heavy atom. The molecule has 1 saturated carbocycles. The van der Waals surface area contributed by atoms with E-state index in [0.717, 1.165) is 44.1 Å². The summed E-state index contributed by atoms with van der Waals surface area (Å²) >= 11 is 1.80. The number of nitrogens with one attached hydrogen (secondary N) is 1. The van der Waals surface area contributed by atoms with Gasteiger partial charge in [0, 0.05) is 40.9 Å². The van der Waals surface area contributed by atoms with Gasteiger partial charge in [-0.3, -0.25) is 9.78 Å². The van der Waals surface area contributed by atoms with Gasteiger partial charge in [-0.05, 0) is 31.5 Å². The van der Waals surface area contributed by atoms with E-state index in [4.69, 9.17) is 4.74 Å². The molecule has 2 aromatic rings. The summed E-state index contributed by atoms with van der Waals surface area (Å²) in [7, 11) is 0. The number of carbonyl (C=O) groups excluding carboxylic acids is 1. The molecule has 0 spiro atoms. The van der Waals surface area contributed by atoms with Crippen LogP contribution in [-0.2, 0) is 9.53 Å². The standard InChI is InChI=1S/C18H21N3O2S/c1-12-2-3-17(24-12)13-10-14(13)18(22)20-15-11-19-5-4-16(15)21-6-8-23-9-7-21/h2-5,11,13-14H,6-10H2,1H3,(H,20,22)/t13-,14+/m0/s1. The second-order valence-electron chi connectivity index (χ2n) is 6.38. The van der Waals surface area contributed by atoms with Gasteiger partial charge in [0.15, 0.2) is 0 Å². The molecular formula is C18H21N3O2S. The maximum atomic E-state index is 12.6. The molecule has 6 heteroatoms.